The fourth-order valence-corrected chi connectivity index (χ4v) is 12.0. The number of fused-ring (bicyclic) bond motifs is 4. The summed E-state index contributed by atoms with van der Waals surface area (Å²) in [4.78, 5) is 0. The van der Waals surface area contributed by atoms with Gasteiger partial charge in [-0.2, -0.15) is 0 Å². The third kappa shape index (κ3) is 6.20. The van der Waals surface area contributed by atoms with Crippen LogP contribution in [0.1, 0.15) is 114 Å². The molecular formula is C56H42O12. The minimum Gasteiger partial charge on any atom is -0.508 e. The average Bonchev–Trinajstić information content (AvgIpc) is 3.81. The summed E-state index contributed by atoms with van der Waals surface area (Å²) in [5, 5.41) is 114. The molecule has 12 rings (SSSR count). The first kappa shape index (κ1) is 40.8. The van der Waals surface area contributed by atoms with Crippen LogP contribution in [0.25, 0.3) is 0 Å². The zero-order valence-electron chi connectivity index (χ0n) is 35.8. The molecular weight excluding hydrogens is 865 g/mol. The van der Waals surface area contributed by atoms with Gasteiger partial charge in [0.2, 0.25) is 0 Å². The van der Waals surface area contributed by atoms with E-state index < -0.39 is 47.7 Å². The quantitative estimate of drug-likeness (QED) is 0.0780. The van der Waals surface area contributed by atoms with E-state index >= 15 is 0 Å². The second kappa shape index (κ2) is 14.9. The van der Waals surface area contributed by atoms with Gasteiger partial charge >= 0.3 is 0 Å². The smallest absolute Gasteiger partial charge is 0.135 e. The summed E-state index contributed by atoms with van der Waals surface area (Å²) in [6, 6.07) is 38.4. The van der Waals surface area contributed by atoms with Gasteiger partial charge in [-0.15, -0.1) is 0 Å². The van der Waals surface area contributed by atoms with Gasteiger partial charge in [0.15, 0.2) is 0 Å². The Morgan fingerprint density at radius 1 is 0.265 bits per heavy atom. The lowest BCUT2D eigenvalue weighted by Crippen LogP contribution is -2.26. The molecule has 338 valence electrons. The normalized spacial score (nSPS) is 22.6. The first-order chi connectivity index (χ1) is 32.8. The molecule has 0 aromatic heterocycles. The maximum atomic E-state index is 12.5. The van der Waals surface area contributed by atoms with Crippen molar-refractivity contribution in [3.8, 4) is 69.0 Å². The van der Waals surface area contributed by atoms with Gasteiger partial charge in [0.25, 0.3) is 0 Å². The Balaban J connectivity index is 1.25. The Morgan fingerprint density at radius 3 is 0.897 bits per heavy atom. The van der Waals surface area contributed by atoms with Crippen molar-refractivity contribution in [3.63, 3.8) is 0 Å². The van der Waals surface area contributed by atoms with Crippen molar-refractivity contribution in [2.75, 3.05) is 0 Å². The Kier molecular flexibility index (Phi) is 8.97. The maximum Gasteiger partial charge on any atom is 0.135 e. The number of benzene rings is 8. The molecule has 68 heavy (non-hydrogen) atoms. The van der Waals surface area contributed by atoms with E-state index in [1.54, 1.807) is 121 Å². The summed E-state index contributed by atoms with van der Waals surface area (Å²) < 4.78 is 13.7. The van der Waals surface area contributed by atoms with Crippen LogP contribution in [-0.4, -0.2) is 51.1 Å². The summed E-state index contributed by atoms with van der Waals surface area (Å²) in [7, 11) is 0. The lowest BCUT2D eigenvalue weighted by molar-refractivity contribution is 0.221. The predicted molar refractivity (Wildman–Crippen MR) is 248 cm³/mol. The van der Waals surface area contributed by atoms with E-state index in [2.05, 4.69) is 0 Å². The van der Waals surface area contributed by atoms with E-state index in [9.17, 15) is 51.1 Å². The molecule has 2 heterocycles. The van der Waals surface area contributed by atoms with Crippen molar-refractivity contribution in [2.24, 2.45) is 0 Å². The van der Waals surface area contributed by atoms with E-state index in [-0.39, 0.29) is 57.5 Å². The Bertz CT molecular complexity index is 3110. The summed E-state index contributed by atoms with van der Waals surface area (Å²) in [5.74, 6) is -5.69. The third-order valence-electron chi connectivity index (χ3n) is 14.5. The van der Waals surface area contributed by atoms with Crippen molar-refractivity contribution < 1.29 is 60.5 Å². The molecule has 12 heteroatoms. The second-order valence-corrected chi connectivity index (χ2v) is 18.2. The molecule has 0 saturated carbocycles. The molecule has 0 spiro atoms. The van der Waals surface area contributed by atoms with Gasteiger partial charge in [0.1, 0.15) is 81.2 Å². The lowest BCUT2D eigenvalue weighted by Gasteiger charge is -2.40. The number of phenols is 10. The van der Waals surface area contributed by atoms with Gasteiger partial charge in [-0.25, -0.2) is 0 Å². The molecule has 0 fully saturated rings. The van der Waals surface area contributed by atoms with Crippen LogP contribution in [0.3, 0.4) is 0 Å². The molecule has 8 aromatic carbocycles. The molecule has 8 aromatic rings. The minimum atomic E-state index is -0.918. The molecule has 10 N–H and O–H groups in total. The first-order valence-corrected chi connectivity index (χ1v) is 22.2. The number of hydrogen-bond acceptors (Lipinski definition) is 12. The third-order valence-corrected chi connectivity index (χ3v) is 14.5. The first-order valence-electron chi connectivity index (χ1n) is 22.2. The summed E-state index contributed by atoms with van der Waals surface area (Å²) >= 11 is 0. The summed E-state index contributed by atoms with van der Waals surface area (Å²) in [6.45, 7) is 0. The van der Waals surface area contributed by atoms with Crippen molar-refractivity contribution >= 4 is 0 Å². The standard InChI is InChI=1S/C56H42O12/c57-29-9-1-25(2-10-29)45-47-37(17-33(61)21-41(47)65)53-49-39(19-35(63)23-43(49)67-55(53)27-5-13-31(59)14-6-27)51(45)52-40-20-36(64)24-44-50(40)54(56(68-44)28-7-15-32(60)16-8-28)38-18-34(62)22-42(66)48(38)46(52)26-3-11-30(58)12-4-26/h1-24,45-46,51-66H/t45-,46?,51-,52?,53-,54-,55?,56?/m0/s1. The van der Waals surface area contributed by atoms with Crippen LogP contribution >= 0.6 is 0 Å². The van der Waals surface area contributed by atoms with Crippen LogP contribution in [0.15, 0.2) is 146 Å². The van der Waals surface area contributed by atoms with Gasteiger partial charge in [-0.1, -0.05) is 48.5 Å². The average molecular weight is 907 g/mol. The van der Waals surface area contributed by atoms with E-state index in [1.165, 1.54) is 24.3 Å². The zero-order valence-corrected chi connectivity index (χ0v) is 35.8. The highest BCUT2D eigenvalue weighted by molar-refractivity contribution is 5.71. The van der Waals surface area contributed by atoms with Crippen molar-refractivity contribution in [1.29, 1.82) is 0 Å². The maximum absolute atomic E-state index is 12.5. The van der Waals surface area contributed by atoms with E-state index in [4.69, 9.17) is 9.47 Å². The monoisotopic (exact) mass is 906 g/mol. The van der Waals surface area contributed by atoms with Gasteiger partial charge in [-0.05, 0) is 117 Å². The molecule has 12 nitrogen and oxygen atoms in total. The minimum absolute atomic E-state index is 0.0182. The zero-order chi connectivity index (χ0) is 46.9. The number of rotatable bonds is 5. The van der Waals surface area contributed by atoms with E-state index in [1.807, 2.05) is 0 Å². The number of phenolic OH excluding ortho intramolecular Hbond substituents is 10. The van der Waals surface area contributed by atoms with Crippen molar-refractivity contribution in [2.45, 2.75) is 47.7 Å². The largest absolute Gasteiger partial charge is 0.508 e. The van der Waals surface area contributed by atoms with Crippen LogP contribution in [-0.2, 0) is 0 Å². The van der Waals surface area contributed by atoms with Crippen LogP contribution in [0.4, 0.5) is 0 Å². The Hall–Kier alpha value is -8.64. The highest BCUT2D eigenvalue weighted by Crippen LogP contribution is 2.69. The number of hydrogen-bond donors (Lipinski definition) is 10. The topological polar surface area (TPSA) is 221 Å². The fraction of sp³-hybridized carbons (Fsp3) is 0.143. The van der Waals surface area contributed by atoms with Crippen molar-refractivity contribution in [3.05, 3.63) is 212 Å². The highest BCUT2D eigenvalue weighted by atomic mass is 16.5. The predicted octanol–water partition coefficient (Wildman–Crippen LogP) is 10.4. The van der Waals surface area contributed by atoms with Gasteiger partial charge in [0.05, 0.1) is 11.8 Å². The van der Waals surface area contributed by atoms with E-state index in [0.29, 0.717) is 78.3 Å². The molecule has 4 unspecified atom stereocenters. The van der Waals surface area contributed by atoms with Crippen LogP contribution in [0.2, 0.25) is 0 Å². The van der Waals surface area contributed by atoms with Gasteiger partial charge in [-0.3, -0.25) is 0 Å². The van der Waals surface area contributed by atoms with Crippen molar-refractivity contribution in [1.82, 2.24) is 0 Å². The van der Waals surface area contributed by atoms with E-state index in [0.717, 1.165) is 0 Å². The molecule has 4 aliphatic rings. The highest BCUT2D eigenvalue weighted by Gasteiger charge is 2.55. The SMILES string of the molecule is Oc1ccc(C2c3c(O)cc(O)cc3[C@H]3c4c(cc(O)cc4C2[C@H]2c4cc(O)cc5c4[C@H](c4cc(O)cc(O)c4[C@@H]2c2ccc(O)cc2)C(c2ccc(O)cc2)O5)OC3c2ccc(O)cc2)cc1. The number of aromatic hydroxyl groups is 10. The van der Waals surface area contributed by atoms with Crippen LogP contribution < -0.4 is 9.47 Å². The second-order valence-electron chi connectivity index (χ2n) is 18.2. The van der Waals surface area contributed by atoms with Crippen LogP contribution in [0.5, 0.6) is 69.0 Å². The molecule has 0 amide bonds. The summed E-state index contributed by atoms with van der Waals surface area (Å²) in [5.41, 5.74) is 6.75. The molecule has 0 saturated heterocycles. The van der Waals surface area contributed by atoms with Gasteiger partial charge < -0.3 is 60.5 Å². The Morgan fingerprint density at radius 2 is 0.559 bits per heavy atom. The molecule has 2 aliphatic heterocycles. The fourth-order valence-electron chi connectivity index (χ4n) is 12.0. The van der Waals surface area contributed by atoms with Gasteiger partial charge in [0, 0.05) is 70.2 Å². The molecule has 0 bridgehead atoms. The summed E-state index contributed by atoms with van der Waals surface area (Å²) in [6.07, 6.45) is -1.62. The molecule has 2 aliphatic carbocycles. The molecule has 0 radical (unpaired) electrons. The lowest BCUT2D eigenvalue weighted by atomic mass is 9.62. The molecule has 8 atom stereocenters. The Labute approximate surface area is 388 Å². The van der Waals surface area contributed by atoms with Crippen LogP contribution in [0, 0.1) is 0 Å². The number of ether oxygens (including phenoxy) is 2.